The second-order valence-corrected chi connectivity index (χ2v) is 6.77. The molecule has 2 heterocycles. The van der Waals surface area contributed by atoms with Gasteiger partial charge in [-0.1, -0.05) is 0 Å². The molecule has 1 fully saturated rings. The first-order chi connectivity index (χ1) is 12.5. The highest BCUT2D eigenvalue weighted by Crippen LogP contribution is 2.16. The molecule has 0 spiro atoms. The third kappa shape index (κ3) is 4.90. The Morgan fingerprint density at radius 3 is 2.07 bits per heavy atom. The van der Waals surface area contributed by atoms with Crippen LogP contribution < -0.4 is 5.32 Å². The summed E-state index contributed by atoms with van der Waals surface area (Å²) in [5.41, 5.74) is -0.810. The molecular weight excluding hydrogens is 362 g/mol. The van der Waals surface area contributed by atoms with Gasteiger partial charge in [-0.15, -0.1) is 5.06 Å². The Morgan fingerprint density at radius 1 is 1.07 bits per heavy atom. The molecule has 2 aliphatic heterocycles. The van der Waals surface area contributed by atoms with Crippen molar-refractivity contribution < 1.29 is 38.3 Å². The van der Waals surface area contributed by atoms with Gasteiger partial charge in [-0.25, -0.2) is 9.59 Å². The van der Waals surface area contributed by atoms with Crippen LogP contribution in [0.1, 0.15) is 33.6 Å². The summed E-state index contributed by atoms with van der Waals surface area (Å²) in [5.74, 6) is -4.26. The summed E-state index contributed by atoms with van der Waals surface area (Å²) in [7, 11) is 0. The monoisotopic (exact) mass is 381 g/mol. The number of hydrogen-bond donors (Lipinski definition) is 1. The van der Waals surface area contributed by atoms with Crippen molar-refractivity contribution in [1.29, 1.82) is 0 Å². The molecule has 0 aromatic carbocycles. The normalized spacial score (nSPS) is 18.2. The van der Waals surface area contributed by atoms with Crippen molar-refractivity contribution in [3.8, 4) is 0 Å². The van der Waals surface area contributed by atoms with Gasteiger partial charge in [-0.3, -0.25) is 24.1 Å². The molecule has 1 unspecified atom stereocenters. The minimum atomic E-state index is -1.59. The van der Waals surface area contributed by atoms with Gasteiger partial charge in [0.15, 0.2) is 6.04 Å². The lowest BCUT2D eigenvalue weighted by molar-refractivity contribution is -0.201. The van der Waals surface area contributed by atoms with E-state index in [2.05, 4.69) is 5.32 Å². The molecule has 1 atom stereocenters. The van der Waals surface area contributed by atoms with Gasteiger partial charge in [0.25, 0.3) is 23.6 Å². The van der Waals surface area contributed by atoms with E-state index in [4.69, 9.17) is 9.57 Å². The van der Waals surface area contributed by atoms with Crippen LogP contribution in [0.15, 0.2) is 12.2 Å². The van der Waals surface area contributed by atoms with Crippen molar-refractivity contribution in [2.24, 2.45) is 0 Å². The van der Waals surface area contributed by atoms with Gasteiger partial charge in [0, 0.05) is 25.0 Å². The van der Waals surface area contributed by atoms with Crippen LogP contribution in [0.5, 0.6) is 0 Å². The van der Waals surface area contributed by atoms with E-state index in [-0.39, 0.29) is 12.8 Å². The van der Waals surface area contributed by atoms with Crippen molar-refractivity contribution in [2.75, 3.05) is 6.54 Å². The molecule has 1 N–H and O–H groups in total. The third-order valence-corrected chi connectivity index (χ3v) is 3.45. The highest BCUT2D eigenvalue weighted by atomic mass is 16.7. The predicted molar refractivity (Wildman–Crippen MR) is 86.2 cm³/mol. The average molecular weight is 381 g/mol. The number of alkyl carbamates (subject to hydrolysis) is 1. The molecule has 5 amide bonds. The lowest BCUT2D eigenvalue weighted by Gasteiger charge is -2.26. The fourth-order valence-electron chi connectivity index (χ4n) is 2.30. The van der Waals surface area contributed by atoms with E-state index < -0.39 is 53.9 Å². The standard InChI is InChI=1S/C16H19N3O8/c1-16(2,3)26-15(25)17-8-9(18-10(20)4-5-11(18)21)14(24)27-19-12(22)6-7-13(19)23/h4-5,9H,6-8H2,1-3H3,(H,17,25). The first-order valence-corrected chi connectivity index (χ1v) is 8.09. The second kappa shape index (κ2) is 7.56. The van der Waals surface area contributed by atoms with Crippen molar-refractivity contribution in [3.63, 3.8) is 0 Å². The lowest BCUT2D eigenvalue weighted by Crippen LogP contribution is -2.53. The molecule has 2 aliphatic rings. The Morgan fingerprint density at radius 2 is 1.59 bits per heavy atom. The van der Waals surface area contributed by atoms with Gasteiger partial charge >= 0.3 is 12.1 Å². The molecule has 146 valence electrons. The zero-order valence-corrected chi connectivity index (χ0v) is 15.0. The number of carbonyl (C=O) groups excluding carboxylic acids is 6. The first kappa shape index (κ1) is 20.1. The molecular formula is C16H19N3O8. The highest BCUT2D eigenvalue weighted by Gasteiger charge is 2.41. The molecule has 0 aromatic rings. The van der Waals surface area contributed by atoms with E-state index in [1.807, 2.05) is 0 Å². The van der Waals surface area contributed by atoms with Gasteiger partial charge < -0.3 is 14.9 Å². The van der Waals surface area contributed by atoms with E-state index in [1.54, 1.807) is 20.8 Å². The molecule has 0 radical (unpaired) electrons. The number of imide groups is 2. The number of amides is 5. The molecule has 1 saturated heterocycles. The van der Waals surface area contributed by atoms with Crippen LogP contribution in [-0.4, -0.2) is 63.8 Å². The summed E-state index contributed by atoms with van der Waals surface area (Å²) in [6, 6.07) is -1.59. The summed E-state index contributed by atoms with van der Waals surface area (Å²) in [4.78, 5) is 76.5. The quantitative estimate of drug-likeness (QED) is 0.624. The Balaban J connectivity index is 2.12. The van der Waals surface area contributed by atoms with E-state index in [0.717, 1.165) is 12.2 Å². The van der Waals surface area contributed by atoms with Crippen LogP contribution in [0.2, 0.25) is 0 Å². The van der Waals surface area contributed by atoms with Crippen molar-refractivity contribution in [1.82, 2.24) is 15.3 Å². The van der Waals surface area contributed by atoms with Gasteiger partial charge in [0.05, 0.1) is 6.54 Å². The number of nitrogens with zero attached hydrogens (tertiary/aromatic N) is 2. The van der Waals surface area contributed by atoms with Crippen LogP contribution in [0.4, 0.5) is 4.79 Å². The van der Waals surface area contributed by atoms with E-state index in [1.165, 1.54) is 0 Å². The predicted octanol–water partition coefficient (Wildman–Crippen LogP) is -0.588. The van der Waals surface area contributed by atoms with E-state index >= 15 is 0 Å². The fraction of sp³-hybridized carbons (Fsp3) is 0.500. The van der Waals surface area contributed by atoms with Crippen LogP contribution in [0, 0.1) is 0 Å². The maximum atomic E-state index is 12.4. The largest absolute Gasteiger partial charge is 0.444 e. The molecule has 0 saturated carbocycles. The fourth-order valence-corrected chi connectivity index (χ4v) is 2.30. The SMILES string of the molecule is CC(C)(C)OC(=O)NCC(C(=O)ON1C(=O)CCC1=O)N1C(=O)C=CC1=O. The Labute approximate surface area is 154 Å². The molecule has 2 rings (SSSR count). The minimum absolute atomic E-state index is 0.115. The first-order valence-electron chi connectivity index (χ1n) is 8.09. The van der Waals surface area contributed by atoms with Crippen LogP contribution in [0.3, 0.4) is 0 Å². The Kier molecular flexibility index (Phi) is 5.62. The maximum Gasteiger partial charge on any atom is 0.407 e. The van der Waals surface area contributed by atoms with Crippen molar-refractivity contribution >= 4 is 35.7 Å². The second-order valence-electron chi connectivity index (χ2n) is 6.77. The zero-order valence-electron chi connectivity index (χ0n) is 15.0. The summed E-state index contributed by atoms with van der Waals surface area (Å²) < 4.78 is 5.03. The van der Waals surface area contributed by atoms with E-state index in [0.29, 0.717) is 9.96 Å². The number of hydrogen-bond acceptors (Lipinski definition) is 8. The maximum absolute atomic E-state index is 12.4. The molecule has 27 heavy (non-hydrogen) atoms. The topological polar surface area (TPSA) is 139 Å². The van der Waals surface area contributed by atoms with Gasteiger partial charge in [-0.2, -0.15) is 0 Å². The van der Waals surface area contributed by atoms with Crippen LogP contribution >= 0.6 is 0 Å². The highest BCUT2D eigenvalue weighted by molar-refractivity contribution is 6.15. The molecule has 0 aliphatic carbocycles. The molecule has 11 nitrogen and oxygen atoms in total. The zero-order chi connectivity index (χ0) is 20.4. The van der Waals surface area contributed by atoms with Crippen LogP contribution in [-0.2, 0) is 33.5 Å². The van der Waals surface area contributed by atoms with Gasteiger partial charge in [0.1, 0.15) is 5.60 Å². The minimum Gasteiger partial charge on any atom is -0.444 e. The number of rotatable bonds is 5. The molecule has 0 bridgehead atoms. The smallest absolute Gasteiger partial charge is 0.407 e. The summed E-state index contributed by atoms with van der Waals surface area (Å²) in [6.45, 7) is 4.35. The number of carbonyl (C=O) groups is 6. The number of nitrogens with one attached hydrogen (secondary N) is 1. The number of ether oxygens (including phenoxy) is 1. The summed E-state index contributed by atoms with van der Waals surface area (Å²) in [6.07, 6.45) is 0.775. The Hall–Kier alpha value is -3.24. The molecule has 0 aromatic heterocycles. The summed E-state index contributed by atoms with van der Waals surface area (Å²) in [5, 5.41) is 2.55. The van der Waals surface area contributed by atoms with Crippen LogP contribution in [0.25, 0.3) is 0 Å². The van der Waals surface area contributed by atoms with Crippen molar-refractivity contribution in [3.05, 3.63) is 12.2 Å². The Bertz CT molecular complexity index is 702. The van der Waals surface area contributed by atoms with E-state index in [9.17, 15) is 28.8 Å². The lowest BCUT2D eigenvalue weighted by atomic mass is 10.2. The summed E-state index contributed by atoms with van der Waals surface area (Å²) >= 11 is 0. The number of hydroxylamine groups is 2. The molecule has 11 heteroatoms. The van der Waals surface area contributed by atoms with Gasteiger partial charge in [-0.05, 0) is 20.8 Å². The van der Waals surface area contributed by atoms with Gasteiger partial charge in [0.2, 0.25) is 0 Å². The third-order valence-electron chi connectivity index (χ3n) is 3.45. The average Bonchev–Trinajstić information content (AvgIpc) is 3.03. The van der Waals surface area contributed by atoms with Crippen molar-refractivity contribution in [2.45, 2.75) is 45.3 Å².